The van der Waals surface area contributed by atoms with Gasteiger partial charge in [0.25, 0.3) is 0 Å². The molecule has 0 fully saturated rings. The van der Waals surface area contributed by atoms with Gasteiger partial charge in [-0.2, -0.15) is 8.78 Å². The fourth-order valence-electron chi connectivity index (χ4n) is 2.50. The Balaban J connectivity index is 1.95. The third kappa shape index (κ3) is 4.83. The average molecular weight is 390 g/mol. The van der Waals surface area contributed by atoms with Gasteiger partial charge in [-0.05, 0) is 34.9 Å². The molecule has 138 valence electrons. The molecule has 0 N–H and O–H groups in total. The van der Waals surface area contributed by atoms with Gasteiger partial charge >= 0.3 is 6.61 Å². The summed E-state index contributed by atoms with van der Waals surface area (Å²) < 4.78 is 30.0. The second-order valence-electron chi connectivity index (χ2n) is 5.73. The van der Waals surface area contributed by atoms with Crippen LogP contribution in [0, 0.1) is 0 Å². The summed E-state index contributed by atoms with van der Waals surface area (Å²) in [6, 6.07) is 8.48. The summed E-state index contributed by atoms with van der Waals surface area (Å²) in [4.78, 5) is 23.3. The molecule has 0 unspecified atom stereocenters. The maximum Gasteiger partial charge on any atom is 0.388 e. The predicted molar refractivity (Wildman–Crippen MR) is 96.2 cm³/mol. The lowest BCUT2D eigenvalue weighted by atomic mass is 10.0. The molecule has 0 aliphatic rings. The molecule has 0 atom stereocenters. The first-order chi connectivity index (χ1) is 12.9. The molecule has 0 aliphatic heterocycles. The summed E-state index contributed by atoms with van der Waals surface area (Å²) >= 11 is 6.01. The van der Waals surface area contributed by atoms with Gasteiger partial charge < -0.3 is 4.74 Å². The quantitative estimate of drug-likeness (QED) is 0.577. The van der Waals surface area contributed by atoms with Gasteiger partial charge in [0.05, 0.1) is 0 Å². The van der Waals surface area contributed by atoms with Gasteiger partial charge in [0.1, 0.15) is 0 Å². The number of alkyl halides is 2. The normalized spacial score (nSPS) is 10.9. The Labute approximate surface area is 159 Å². The van der Waals surface area contributed by atoms with Crippen molar-refractivity contribution in [2.75, 3.05) is 0 Å². The fraction of sp³-hybridized carbons (Fsp3) is 0.158. The molecule has 2 heterocycles. The van der Waals surface area contributed by atoms with E-state index in [0.717, 1.165) is 11.1 Å². The number of rotatable bonds is 6. The lowest BCUT2D eigenvalue weighted by Crippen LogP contribution is -2.06. The van der Waals surface area contributed by atoms with Crippen LogP contribution >= 0.6 is 11.6 Å². The van der Waals surface area contributed by atoms with Crippen molar-refractivity contribution in [3.05, 3.63) is 70.9 Å². The molecule has 27 heavy (non-hydrogen) atoms. The molecule has 0 bridgehead atoms. The SMILES string of the molecule is CC(=O)c1ncc(Cc2cnc(OC(F)F)c(-c3cccc(Cl)c3)c2)cn1. The molecule has 0 saturated heterocycles. The Morgan fingerprint density at radius 2 is 1.81 bits per heavy atom. The number of nitrogens with zero attached hydrogens (tertiary/aromatic N) is 3. The highest BCUT2D eigenvalue weighted by molar-refractivity contribution is 6.30. The van der Waals surface area contributed by atoms with Crippen molar-refractivity contribution in [1.82, 2.24) is 15.0 Å². The van der Waals surface area contributed by atoms with E-state index >= 15 is 0 Å². The summed E-state index contributed by atoms with van der Waals surface area (Å²) in [5, 5.41) is 0.467. The van der Waals surface area contributed by atoms with Gasteiger partial charge in [0, 0.05) is 42.5 Å². The van der Waals surface area contributed by atoms with Gasteiger partial charge in [-0.25, -0.2) is 15.0 Å². The summed E-state index contributed by atoms with van der Waals surface area (Å²) in [5.74, 6) is -0.267. The van der Waals surface area contributed by atoms with Gasteiger partial charge in [0.15, 0.2) is 11.6 Å². The summed E-state index contributed by atoms with van der Waals surface area (Å²) in [6.07, 6.45) is 4.96. The zero-order chi connectivity index (χ0) is 19.4. The monoisotopic (exact) mass is 389 g/mol. The van der Waals surface area contributed by atoms with E-state index in [2.05, 4.69) is 19.7 Å². The highest BCUT2D eigenvalue weighted by Crippen LogP contribution is 2.32. The van der Waals surface area contributed by atoms with Gasteiger partial charge in [0.2, 0.25) is 5.88 Å². The molecule has 2 aromatic heterocycles. The molecule has 0 aliphatic carbocycles. The van der Waals surface area contributed by atoms with Crippen LogP contribution in [0.2, 0.25) is 5.02 Å². The van der Waals surface area contributed by atoms with E-state index in [4.69, 9.17) is 11.6 Å². The first-order valence-electron chi connectivity index (χ1n) is 7.94. The summed E-state index contributed by atoms with van der Waals surface area (Å²) in [7, 11) is 0. The van der Waals surface area contributed by atoms with E-state index < -0.39 is 6.61 Å². The van der Waals surface area contributed by atoms with Crippen molar-refractivity contribution in [3.63, 3.8) is 0 Å². The molecular formula is C19H14ClF2N3O2. The van der Waals surface area contributed by atoms with Crippen LogP contribution in [0.25, 0.3) is 11.1 Å². The van der Waals surface area contributed by atoms with Crippen LogP contribution in [0.4, 0.5) is 8.78 Å². The molecule has 0 spiro atoms. The number of ether oxygens (including phenoxy) is 1. The summed E-state index contributed by atoms with van der Waals surface area (Å²) in [5.41, 5.74) is 2.50. The van der Waals surface area contributed by atoms with Gasteiger partial charge in [-0.15, -0.1) is 0 Å². The van der Waals surface area contributed by atoms with Crippen molar-refractivity contribution in [3.8, 4) is 17.0 Å². The standard InChI is InChI=1S/C19H14ClF2N3O2/c1-11(26)17-23-9-13(10-24-17)5-12-6-16(14-3-2-4-15(20)7-14)18(25-8-12)27-19(21)22/h2-4,6-10,19H,5H2,1H3. The third-order valence-electron chi connectivity index (χ3n) is 3.67. The molecular weight excluding hydrogens is 376 g/mol. The van der Waals surface area contributed by atoms with E-state index in [0.29, 0.717) is 22.6 Å². The number of Topliss-reactive ketones (excluding diaryl/α,β-unsaturated/α-hetero) is 1. The minimum atomic E-state index is -2.99. The Hall–Kier alpha value is -2.93. The predicted octanol–water partition coefficient (Wildman–Crippen LogP) is 4.59. The number of hydrogen-bond acceptors (Lipinski definition) is 5. The molecule has 1 aromatic carbocycles. The lowest BCUT2D eigenvalue weighted by Gasteiger charge is -2.12. The van der Waals surface area contributed by atoms with Crippen LogP contribution in [0.15, 0.2) is 48.9 Å². The van der Waals surface area contributed by atoms with Gasteiger partial charge in [-0.3, -0.25) is 4.79 Å². The average Bonchev–Trinajstić information content (AvgIpc) is 2.63. The summed E-state index contributed by atoms with van der Waals surface area (Å²) in [6.45, 7) is -1.61. The highest BCUT2D eigenvalue weighted by atomic mass is 35.5. The minimum Gasteiger partial charge on any atom is -0.416 e. The molecule has 3 aromatic rings. The van der Waals surface area contributed by atoms with Crippen LogP contribution in [0.1, 0.15) is 28.7 Å². The van der Waals surface area contributed by atoms with Crippen LogP contribution in [0.5, 0.6) is 5.88 Å². The molecule has 0 radical (unpaired) electrons. The zero-order valence-corrected chi connectivity index (χ0v) is 15.0. The van der Waals surface area contributed by atoms with E-state index in [9.17, 15) is 13.6 Å². The maximum absolute atomic E-state index is 12.7. The Bertz CT molecular complexity index is 965. The number of carbonyl (C=O) groups excluding carboxylic acids is 1. The number of aromatic nitrogens is 3. The van der Waals surface area contributed by atoms with Crippen LogP contribution in [-0.4, -0.2) is 27.3 Å². The van der Waals surface area contributed by atoms with E-state index in [1.54, 1.807) is 42.7 Å². The molecule has 3 rings (SSSR count). The molecule has 0 amide bonds. The molecule has 0 saturated carbocycles. The number of halogens is 3. The molecule has 5 nitrogen and oxygen atoms in total. The van der Waals surface area contributed by atoms with E-state index in [-0.39, 0.29) is 17.5 Å². The minimum absolute atomic E-state index is 0.136. The second-order valence-corrected chi connectivity index (χ2v) is 6.17. The van der Waals surface area contributed by atoms with Crippen LogP contribution in [0.3, 0.4) is 0 Å². The molecule has 8 heteroatoms. The fourth-order valence-corrected chi connectivity index (χ4v) is 2.69. The smallest absolute Gasteiger partial charge is 0.388 e. The number of hydrogen-bond donors (Lipinski definition) is 0. The van der Waals surface area contributed by atoms with E-state index in [1.807, 2.05) is 0 Å². The zero-order valence-electron chi connectivity index (χ0n) is 14.2. The van der Waals surface area contributed by atoms with Crippen molar-refractivity contribution >= 4 is 17.4 Å². The largest absolute Gasteiger partial charge is 0.416 e. The first kappa shape index (κ1) is 18.8. The van der Waals surface area contributed by atoms with Crippen molar-refractivity contribution in [2.24, 2.45) is 0 Å². The van der Waals surface area contributed by atoms with Crippen molar-refractivity contribution < 1.29 is 18.3 Å². The third-order valence-corrected chi connectivity index (χ3v) is 3.91. The maximum atomic E-state index is 12.7. The Morgan fingerprint density at radius 1 is 1.11 bits per heavy atom. The second kappa shape index (κ2) is 8.18. The number of ketones is 1. The Morgan fingerprint density at radius 3 is 2.44 bits per heavy atom. The lowest BCUT2D eigenvalue weighted by molar-refractivity contribution is -0.0524. The first-order valence-corrected chi connectivity index (χ1v) is 8.31. The number of benzene rings is 1. The van der Waals surface area contributed by atoms with Gasteiger partial charge in [-0.1, -0.05) is 23.7 Å². The van der Waals surface area contributed by atoms with Crippen molar-refractivity contribution in [2.45, 2.75) is 20.0 Å². The van der Waals surface area contributed by atoms with Crippen LogP contribution in [-0.2, 0) is 6.42 Å². The van der Waals surface area contributed by atoms with Crippen molar-refractivity contribution in [1.29, 1.82) is 0 Å². The topological polar surface area (TPSA) is 65.0 Å². The Kier molecular flexibility index (Phi) is 5.71. The van der Waals surface area contributed by atoms with Crippen LogP contribution < -0.4 is 4.74 Å². The van der Waals surface area contributed by atoms with E-state index in [1.165, 1.54) is 13.1 Å². The number of pyridine rings is 1. The number of carbonyl (C=O) groups is 1. The highest BCUT2D eigenvalue weighted by Gasteiger charge is 2.15.